The zero-order chi connectivity index (χ0) is 15.3. The minimum absolute atomic E-state index is 0.144. The fourth-order valence-electron chi connectivity index (χ4n) is 2.26. The number of hydrogen-bond donors (Lipinski definition) is 1. The lowest BCUT2D eigenvalue weighted by Gasteiger charge is -2.16. The van der Waals surface area contributed by atoms with Crippen LogP contribution in [-0.2, 0) is 6.18 Å². The summed E-state index contributed by atoms with van der Waals surface area (Å²) in [7, 11) is 0. The van der Waals surface area contributed by atoms with Crippen molar-refractivity contribution in [1.82, 2.24) is 0 Å². The first kappa shape index (κ1) is 15.4. The molecule has 1 N–H and O–H groups in total. The van der Waals surface area contributed by atoms with Crippen LogP contribution >= 0.6 is 0 Å². The van der Waals surface area contributed by atoms with Gasteiger partial charge < -0.3 is 5.32 Å². The van der Waals surface area contributed by atoms with Crippen molar-refractivity contribution in [2.75, 3.05) is 11.9 Å². The van der Waals surface area contributed by atoms with E-state index in [0.717, 1.165) is 12.5 Å². The van der Waals surface area contributed by atoms with E-state index in [2.05, 4.69) is 12.2 Å². The van der Waals surface area contributed by atoms with Gasteiger partial charge in [0.2, 0.25) is 0 Å². The molecule has 112 valence electrons. The highest BCUT2D eigenvalue weighted by atomic mass is 19.4. The Morgan fingerprint density at radius 1 is 0.952 bits per heavy atom. The molecule has 0 bridgehead atoms. The van der Waals surface area contributed by atoms with Gasteiger partial charge in [-0.2, -0.15) is 13.2 Å². The Labute approximate surface area is 122 Å². The molecule has 0 aromatic heterocycles. The van der Waals surface area contributed by atoms with Crippen LogP contribution in [0.25, 0.3) is 0 Å². The van der Waals surface area contributed by atoms with Crippen LogP contribution in [0, 0.1) is 0 Å². The summed E-state index contributed by atoms with van der Waals surface area (Å²) in [5.41, 5.74) is 0.728. The maximum atomic E-state index is 12.9. The van der Waals surface area contributed by atoms with Crippen molar-refractivity contribution >= 4 is 5.69 Å². The van der Waals surface area contributed by atoms with E-state index in [1.807, 2.05) is 30.3 Å². The Morgan fingerprint density at radius 2 is 1.57 bits per heavy atom. The van der Waals surface area contributed by atoms with Crippen molar-refractivity contribution in [2.24, 2.45) is 0 Å². The van der Waals surface area contributed by atoms with E-state index in [0.29, 0.717) is 12.5 Å². The molecule has 21 heavy (non-hydrogen) atoms. The van der Waals surface area contributed by atoms with Crippen LogP contribution in [0.2, 0.25) is 0 Å². The van der Waals surface area contributed by atoms with E-state index < -0.39 is 11.7 Å². The molecule has 1 nitrogen and oxygen atoms in total. The van der Waals surface area contributed by atoms with E-state index in [1.54, 1.807) is 6.07 Å². The van der Waals surface area contributed by atoms with Crippen LogP contribution in [0.5, 0.6) is 0 Å². The molecule has 0 amide bonds. The van der Waals surface area contributed by atoms with Gasteiger partial charge in [0.25, 0.3) is 0 Å². The molecule has 0 heterocycles. The lowest BCUT2D eigenvalue weighted by Crippen LogP contribution is -2.12. The summed E-state index contributed by atoms with van der Waals surface area (Å²) in [6.07, 6.45) is -3.55. The highest BCUT2D eigenvalue weighted by Gasteiger charge is 2.32. The second-order valence-corrected chi connectivity index (χ2v) is 5.07. The fraction of sp³-hybridized carbons (Fsp3) is 0.294. The Bertz CT molecular complexity index is 564. The summed E-state index contributed by atoms with van der Waals surface area (Å²) < 4.78 is 38.6. The minimum atomic E-state index is -4.32. The number of anilines is 1. The van der Waals surface area contributed by atoms with Gasteiger partial charge in [0.15, 0.2) is 0 Å². The monoisotopic (exact) mass is 293 g/mol. The first-order valence-electron chi connectivity index (χ1n) is 6.93. The predicted octanol–water partition coefficient (Wildman–Crippen LogP) is 5.31. The largest absolute Gasteiger partial charge is 0.418 e. The fourth-order valence-corrected chi connectivity index (χ4v) is 2.26. The van der Waals surface area contributed by atoms with Crippen LogP contribution < -0.4 is 5.32 Å². The van der Waals surface area contributed by atoms with E-state index in [1.165, 1.54) is 17.7 Å². The summed E-state index contributed by atoms with van der Waals surface area (Å²) >= 11 is 0. The van der Waals surface area contributed by atoms with Gasteiger partial charge in [-0.1, -0.05) is 49.4 Å². The summed E-state index contributed by atoms with van der Waals surface area (Å²) in [4.78, 5) is 0. The van der Waals surface area contributed by atoms with Gasteiger partial charge in [0.05, 0.1) is 5.56 Å². The molecule has 2 aromatic carbocycles. The van der Waals surface area contributed by atoms with E-state index in [9.17, 15) is 13.2 Å². The topological polar surface area (TPSA) is 12.0 Å². The predicted molar refractivity (Wildman–Crippen MR) is 79.4 cm³/mol. The van der Waals surface area contributed by atoms with Gasteiger partial charge in [-0.3, -0.25) is 0 Å². The van der Waals surface area contributed by atoms with E-state index in [-0.39, 0.29) is 5.69 Å². The smallest absolute Gasteiger partial charge is 0.385 e. The minimum Gasteiger partial charge on any atom is -0.385 e. The summed E-state index contributed by atoms with van der Waals surface area (Å²) in [5, 5.41) is 2.90. The number of hydrogen-bond acceptors (Lipinski definition) is 1. The Kier molecular flexibility index (Phi) is 4.89. The number of alkyl halides is 3. The molecule has 0 spiro atoms. The summed E-state index contributed by atoms with van der Waals surface area (Å²) in [6, 6.07) is 15.5. The van der Waals surface area contributed by atoms with Gasteiger partial charge >= 0.3 is 6.18 Å². The van der Waals surface area contributed by atoms with Crippen LogP contribution in [-0.4, -0.2) is 6.54 Å². The first-order valence-corrected chi connectivity index (χ1v) is 6.93. The number of para-hydroxylation sites is 1. The molecular formula is C17H18F3N. The van der Waals surface area contributed by atoms with Crippen molar-refractivity contribution in [3.63, 3.8) is 0 Å². The number of rotatable bonds is 5. The Balaban J connectivity index is 1.95. The second-order valence-electron chi connectivity index (χ2n) is 5.07. The maximum Gasteiger partial charge on any atom is 0.418 e. The van der Waals surface area contributed by atoms with Gasteiger partial charge in [-0.05, 0) is 30.0 Å². The second kappa shape index (κ2) is 6.66. The molecule has 0 fully saturated rings. The summed E-state index contributed by atoms with van der Waals surface area (Å²) in [5.74, 6) is 0.303. The molecule has 2 rings (SSSR count). The molecule has 0 aliphatic heterocycles. The molecule has 0 saturated carbocycles. The average Bonchev–Trinajstić information content (AvgIpc) is 2.47. The molecule has 1 atom stereocenters. The number of nitrogens with one attached hydrogen (secondary N) is 1. The first-order chi connectivity index (χ1) is 9.98. The quantitative estimate of drug-likeness (QED) is 0.787. The highest BCUT2D eigenvalue weighted by Crippen LogP contribution is 2.34. The van der Waals surface area contributed by atoms with E-state index >= 15 is 0 Å². The molecule has 2 aromatic rings. The highest BCUT2D eigenvalue weighted by molar-refractivity contribution is 5.52. The van der Waals surface area contributed by atoms with Gasteiger partial charge in [-0.15, -0.1) is 0 Å². The van der Waals surface area contributed by atoms with Crippen molar-refractivity contribution in [3.05, 3.63) is 65.7 Å². The van der Waals surface area contributed by atoms with Gasteiger partial charge in [0, 0.05) is 12.2 Å². The molecular weight excluding hydrogens is 275 g/mol. The van der Waals surface area contributed by atoms with Gasteiger partial charge in [-0.25, -0.2) is 0 Å². The lowest BCUT2D eigenvalue weighted by atomic mass is 9.98. The SMILES string of the molecule is CC(CCNc1ccccc1C(F)(F)F)c1ccccc1. The maximum absolute atomic E-state index is 12.9. The lowest BCUT2D eigenvalue weighted by molar-refractivity contribution is -0.136. The normalized spacial score (nSPS) is 13.0. The van der Waals surface area contributed by atoms with Crippen LogP contribution in [0.1, 0.15) is 30.4 Å². The zero-order valence-electron chi connectivity index (χ0n) is 11.8. The van der Waals surface area contributed by atoms with Crippen molar-refractivity contribution in [2.45, 2.75) is 25.4 Å². The molecule has 0 radical (unpaired) electrons. The van der Waals surface area contributed by atoms with Crippen LogP contribution in [0.15, 0.2) is 54.6 Å². The average molecular weight is 293 g/mol. The third-order valence-corrected chi connectivity index (χ3v) is 3.49. The third-order valence-electron chi connectivity index (χ3n) is 3.49. The zero-order valence-corrected chi connectivity index (χ0v) is 11.8. The molecule has 1 unspecified atom stereocenters. The van der Waals surface area contributed by atoms with Crippen molar-refractivity contribution in [3.8, 4) is 0 Å². The van der Waals surface area contributed by atoms with Crippen molar-refractivity contribution in [1.29, 1.82) is 0 Å². The van der Waals surface area contributed by atoms with Gasteiger partial charge in [0.1, 0.15) is 0 Å². The van der Waals surface area contributed by atoms with E-state index in [4.69, 9.17) is 0 Å². The Hall–Kier alpha value is -1.97. The molecule has 0 saturated heterocycles. The molecule has 4 heteroatoms. The van der Waals surface area contributed by atoms with Crippen LogP contribution in [0.4, 0.5) is 18.9 Å². The number of benzene rings is 2. The van der Waals surface area contributed by atoms with Crippen molar-refractivity contribution < 1.29 is 13.2 Å². The third kappa shape index (κ3) is 4.25. The van der Waals surface area contributed by atoms with Crippen LogP contribution in [0.3, 0.4) is 0 Å². The standard InChI is InChI=1S/C17H18F3N/c1-13(14-7-3-2-4-8-14)11-12-21-16-10-6-5-9-15(16)17(18,19)20/h2-10,13,21H,11-12H2,1H3. The molecule has 0 aliphatic rings. The Morgan fingerprint density at radius 3 is 2.24 bits per heavy atom. The summed E-state index contributed by atoms with van der Waals surface area (Å²) in [6.45, 7) is 2.58. The molecule has 0 aliphatic carbocycles. The number of halogens is 3.